The molecule has 0 aliphatic carbocycles. The van der Waals surface area contributed by atoms with E-state index in [0.29, 0.717) is 6.54 Å². The summed E-state index contributed by atoms with van der Waals surface area (Å²) in [5.41, 5.74) is 5.89. The summed E-state index contributed by atoms with van der Waals surface area (Å²) in [5.74, 6) is 0. The summed E-state index contributed by atoms with van der Waals surface area (Å²) in [7, 11) is 0. The molecule has 1 unspecified atom stereocenters. The number of aliphatic hydroxyl groups excluding tert-OH is 1. The number of rotatable bonds is 3. The molecule has 1 atom stereocenters. The summed E-state index contributed by atoms with van der Waals surface area (Å²) in [4.78, 5) is 0. The van der Waals surface area contributed by atoms with Gasteiger partial charge in [-0.05, 0) is 37.6 Å². The van der Waals surface area contributed by atoms with Crippen LogP contribution >= 0.6 is 0 Å². The number of ether oxygens (including phenoxy) is 1. The summed E-state index contributed by atoms with van der Waals surface area (Å²) < 4.78 is 5.36. The van der Waals surface area contributed by atoms with Gasteiger partial charge in [-0.25, -0.2) is 0 Å². The van der Waals surface area contributed by atoms with Crippen LogP contribution in [-0.2, 0) is 4.74 Å². The fourth-order valence-corrected chi connectivity index (χ4v) is 1.86. The van der Waals surface area contributed by atoms with Crippen LogP contribution in [0.4, 0.5) is 0 Å². The van der Waals surface area contributed by atoms with E-state index in [1.54, 1.807) is 0 Å². The highest BCUT2D eigenvalue weighted by atomic mass is 16.5. The van der Waals surface area contributed by atoms with Gasteiger partial charge in [-0.1, -0.05) is 0 Å². The van der Waals surface area contributed by atoms with Crippen molar-refractivity contribution in [1.82, 2.24) is 0 Å². The zero-order chi connectivity index (χ0) is 8.86. The van der Waals surface area contributed by atoms with E-state index in [0.717, 1.165) is 38.9 Å². The van der Waals surface area contributed by atoms with Crippen LogP contribution in [0.15, 0.2) is 0 Å². The van der Waals surface area contributed by atoms with Crippen LogP contribution in [0.25, 0.3) is 0 Å². The van der Waals surface area contributed by atoms with Crippen molar-refractivity contribution in [3.05, 3.63) is 0 Å². The van der Waals surface area contributed by atoms with Crippen LogP contribution < -0.4 is 5.73 Å². The van der Waals surface area contributed by atoms with E-state index >= 15 is 0 Å². The lowest BCUT2D eigenvalue weighted by Gasteiger charge is -2.29. The molecule has 0 bridgehead atoms. The lowest BCUT2D eigenvalue weighted by Crippen LogP contribution is -2.31. The molecule has 1 saturated heterocycles. The Morgan fingerprint density at radius 3 is 2.83 bits per heavy atom. The number of aliphatic hydroxyl groups is 1. The Morgan fingerprint density at radius 2 is 2.17 bits per heavy atom. The van der Waals surface area contributed by atoms with Crippen LogP contribution in [0.3, 0.4) is 0 Å². The lowest BCUT2D eigenvalue weighted by molar-refractivity contribution is 0.120. The van der Waals surface area contributed by atoms with E-state index in [-0.39, 0.29) is 12.0 Å². The normalized spacial score (nSPS) is 31.5. The average molecular weight is 173 g/mol. The molecule has 72 valence electrons. The van der Waals surface area contributed by atoms with E-state index in [1.165, 1.54) is 0 Å². The van der Waals surface area contributed by atoms with E-state index < -0.39 is 0 Å². The first-order valence-electron chi connectivity index (χ1n) is 4.72. The van der Waals surface area contributed by atoms with Gasteiger partial charge in [0.1, 0.15) is 0 Å². The maximum atomic E-state index is 8.91. The van der Waals surface area contributed by atoms with E-state index in [4.69, 9.17) is 15.6 Å². The van der Waals surface area contributed by atoms with Crippen LogP contribution in [0.5, 0.6) is 0 Å². The summed E-state index contributed by atoms with van der Waals surface area (Å²) in [5, 5.41) is 8.91. The lowest BCUT2D eigenvalue weighted by atomic mass is 9.78. The zero-order valence-electron chi connectivity index (χ0n) is 7.59. The Morgan fingerprint density at radius 1 is 1.33 bits per heavy atom. The molecule has 0 spiro atoms. The van der Waals surface area contributed by atoms with Gasteiger partial charge in [0.25, 0.3) is 0 Å². The van der Waals surface area contributed by atoms with E-state index in [1.807, 2.05) is 0 Å². The van der Waals surface area contributed by atoms with E-state index in [9.17, 15) is 0 Å². The third-order valence-electron chi connectivity index (χ3n) is 2.85. The minimum Gasteiger partial charge on any atom is -0.396 e. The Bertz CT molecular complexity index is 120. The van der Waals surface area contributed by atoms with Gasteiger partial charge in [-0.2, -0.15) is 0 Å². The zero-order valence-corrected chi connectivity index (χ0v) is 7.59. The van der Waals surface area contributed by atoms with Crippen molar-refractivity contribution in [2.75, 3.05) is 26.4 Å². The monoisotopic (exact) mass is 173 g/mol. The molecule has 0 aromatic rings. The third kappa shape index (κ3) is 2.44. The van der Waals surface area contributed by atoms with Gasteiger partial charge in [0.05, 0.1) is 0 Å². The average Bonchev–Trinajstić information content (AvgIpc) is 2.32. The molecule has 1 aliphatic rings. The van der Waals surface area contributed by atoms with Crippen molar-refractivity contribution in [3.8, 4) is 0 Å². The van der Waals surface area contributed by atoms with Gasteiger partial charge in [-0.15, -0.1) is 0 Å². The van der Waals surface area contributed by atoms with Crippen molar-refractivity contribution in [3.63, 3.8) is 0 Å². The van der Waals surface area contributed by atoms with E-state index in [2.05, 4.69) is 0 Å². The van der Waals surface area contributed by atoms with Crippen molar-refractivity contribution in [2.24, 2.45) is 11.1 Å². The number of hydrogen-bond donors (Lipinski definition) is 2. The van der Waals surface area contributed by atoms with Gasteiger partial charge in [0.15, 0.2) is 0 Å². The molecule has 1 heterocycles. The largest absolute Gasteiger partial charge is 0.396 e. The molecular weight excluding hydrogens is 154 g/mol. The predicted octanol–water partition coefficient (Wildman–Crippen LogP) is 0.514. The second-order valence-corrected chi connectivity index (χ2v) is 3.64. The molecule has 12 heavy (non-hydrogen) atoms. The molecule has 0 amide bonds. The Labute approximate surface area is 73.9 Å². The minimum absolute atomic E-state index is 0.158. The molecule has 0 aromatic heterocycles. The van der Waals surface area contributed by atoms with Gasteiger partial charge < -0.3 is 15.6 Å². The minimum atomic E-state index is 0.158. The van der Waals surface area contributed by atoms with Gasteiger partial charge in [0, 0.05) is 19.8 Å². The molecule has 3 heteroatoms. The Hall–Kier alpha value is -0.120. The second-order valence-electron chi connectivity index (χ2n) is 3.64. The topological polar surface area (TPSA) is 55.5 Å². The SMILES string of the molecule is NCC1(CCO)CCCOCC1. The smallest absolute Gasteiger partial charge is 0.0471 e. The highest BCUT2D eigenvalue weighted by Crippen LogP contribution is 2.32. The van der Waals surface area contributed by atoms with Crippen LogP contribution in [-0.4, -0.2) is 31.5 Å². The maximum Gasteiger partial charge on any atom is 0.0471 e. The molecule has 0 saturated carbocycles. The second kappa shape index (κ2) is 4.80. The van der Waals surface area contributed by atoms with Crippen LogP contribution in [0.1, 0.15) is 25.7 Å². The third-order valence-corrected chi connectivity index (χ3v) is 2.85. The van der Waals surface area contributed by atoms with Crippen molar-refractivity contribution < 1.29 is 9.84 Å². The van der Waals surface area contributed by atoms with Crippen LogP contribution in [0.2, 0.25) is 0 Å². The molecule has 3 nitrogen and oxygen atoms in total. The number of hydrogen-bond acceptors (Lipinski definition) is 3. The van der Waals surface area contributed by atoms with Gasteiger partial charge >= 0.3 is 0 Å². The molecular formula is C9H19NO2. The van der Waals surface area contributed by atoms with Crippen molar-refractivity contribution in [2.45, 2.75) is 25.7 Å². The summed E-state index contributed by atoms with van der Waals surface area (Å²) in [6.07, 6.45) is 4.01. The fraction of sp³-hybridized carbons (Fsp3) is 1.00. The fourth-order valence-electron chi connectivity index (χ4n) is 1.86. The molecule has 0 radical (unpaired) electrons. The highest BCUT2D eigenvalue weighted by molar-refractivity contribution is 4.81. The Balaban J connectivity index is 2.48. The first-order valence-corrected chi connectivity index (χ1v) is 4.72. The standard InChI is InChI=1S/C9H19NO2/c10-8-9(3-5-11)2-1-6-12-7-4-9/h11H,1-8,10H2. The molecule has 3 N–H and O–H groups in total. The first kappa shape index (κ1) is 9.96. The highest BCUT2D eigenvalue weighted by Gasteiger charge is 2.28. The molecule has 0 aromatic carbocycles. The number of nitrogens with two attached hydrogens (primary N) is 1. The quantitative estimate of drug-likeness (QED) is 0.654. The predicted molar refractivity (Wildman–Crippen MR) is 47.9 cm³/mol. The molecule has 1 fully saturated rings. The Kier molecular flexibility index (Phi) is 3.98. The molecule has 1 rings (SSSR count). The van der Waals surface area contributed by atoms with Crippen molar-refractivity contribution in [1.29, 1.82) is 0 Å². The summed E-state index contributed by atoms with van der Waals surface area (Å²) in [6, 6.07) is 0. The van der Waals surface area contributed by atoms with Gasteiger partial charge in [-0.3, -0.25) is 0 Å². The molecule has 1 aliphatic heterocycles. The van der Waals surface area contributed by atoms with Gasteiger partial charge in [0.2, 0.25) is 0 Å². The van der Waals surface area contributed by atoms with Crippen molar-refractivity contribution >= 4 is 0 Å². The first-order chi connectivity index (χ1) is 5.83. The summed E-state index contributed by atoms with van der Waals surface area (Å²) in [6.45, 7) is 2.58. The summed E-state index contributed by atoms with van der Waals surface area (Å²) >= 11 is 0. The maximum absolute atomic E-state index is 8.91. The van der Waals surface area contributed by atoms with Crippen LogP contribution in [0, 0.1) is 5.41 Å².